The van der Waals surface area contributed by atoms with E-state index in [0.29, 0.717) is 32.6 Å². The Morgan fingerprint density at radius 2 is 1.31 bits per heavy atom. The Hall–Kier alpha value is -2.73. The van der Waals surface area contributed by atoms with Gasteiger partial charge in [-0.25, -0.2) is 8.42 Å². The zero-order chi connectivity index (χ0) is 20.4. The van der Waals surface area contributed by atoms with Gasteiger partial charge >= 0.3 is 0 Å². The summed E-state index contributed by atoms with van der Waals surface area (Å²) in [5.74, 6) is 1.21. The Morgan fingerprint density at radius 3 is 1.97 bits per heavy atom. The van der Waals surface area contributed by atoms with Crippen LogP contribution in [0.3, 0.4) is 0 Å². The molecule has 4 aromatic rings. The molecule has 0 aliphatic carbocycles. The van der Waals surface area contributed by atoms with E-state index in [1.807, 2.05) is 12.1 Å². The summed E-state index contributed by atoms with van der Waals surface area (Å²) in [4.78, 5) is 0.127. The van der Waals surface area contributed by atoms with Crippen molar-refractivity contribution in [3.8, 4) is 11.5 Å². The fourth-order valence-corrected chi connectivity index (χ4v) is 4.70. The van der Waals surface area contributed by atoms with E-state index < -0.39 is 10.0 Å². The molecule has 0 unspecified atom stereocenters. The molecular weight excluding hydrogens is 429 g/mol. The van der Waals surface area contributed by atoms with Crippen LogP contribution in [0.1, 0.15) is 0 Å². The van der Waals surface area contributed by atoms with Gasteiger partial charge in [0.05, 0.1) is 4.90 Å². The third-order valence-corrected chi connectivity index (χ3v) is 6.25. The number of anilines is 1. The summed E-state index contributed by atoms with van der Waals surface area (Å²) in [5, 5.41) is 2.25. The highest BCUT2D eigenvalue weighted by molar-refractivity contribution is 7.93. The molecule has 0 aromatic heterocycles. The van der Waals surface area contributed by atoms with Gasteiger partial charge in [-0.05, 0) is 66.0 Å². The minimum absolute atomic E-state index is 0.127. The van der Waals surface area contributed by atoms with Crippen LogP contribution in [0.15, 0.2) is 89.8 Å². The van der Waals surface area contributed by atoms with Crippen molar-refractivity contribution in [2.75, 3.05) is 4.72 Å². The van der Waals surface area contributed by atoms with E-state index in [1.54, 1.807) is 66.7 Å². The number of benzene rings is 4. The molecule has 0 fully saturated rings. The van der Waals surface area contributed by atoms with Gasteiger partial charge in [0.15, 0.2) is 0 Å². The molecule has 0 aliphatic rings. The molecule has 0 aliphatic heterocycles. The van der Waals surface area contributed by atoms with E-state index in [1.165, 1.54) is 6.07 Å². The van der Waals surface area contributed by atoms with Crippen LogP contribution in [0.4, 0.5) is 5.69 Å². The number of nitrogens with one attached hydrogen (secondary N) is 1. The Labute approximate surface area is 178 Å². The average molecular weight is 444 g/mol. The number of ether oxygens (including phenoxy) is 1. The van der Waals surface area contributed by atoms with Crippen molar-refractivity contribution >= 4 is 49.7 Å². The number of halogens is 2. The van der Waals surface area contributed by atoms with Gasteiger partial charge < -0.3 is 4.74 Å². The predicted molar refractivity (Wildman–Crippen MR) is 118 cm³/mol. The summed E-state index contributed by atoms with van der Waals surface area (Å²) in [7, 11) is -3.83. The zero-order valence-corrected chi connectivity index (χ0v) is 17.3. The molecule has 0 saturated carbocycles. The summed E-state index contributed by atoms with van der Waals surface area (Å²) in [6, 6.07) is 23.9. The molecule has 4 aromatic carbocycles. The van der Waals surface area contributed by atoms with Gasteiger partial charge in [-0.15, -0.1) is 0 Å². The topological polar surface area (TPSA) is 55.4 Å². The maximum absolute atomic E-state index is 13.0. The van der Waals surface area contributed by atoms with Gasteiger partial charge in [-0.1, -0.05) is 47.5 Å². The second kappa shape index (κ2) is 7.95. The summed E-state index contributed by atoms with van der Waals surface area (Å²) in [6.07, 6.45) is 0. The van der Waals surface area contributed by atoms with Crippen molar-refractivity contribution in [3.05, 3.63) is 95.0 Å². The molecule has 146 valence electrons. The SMILES string of the molecule is O=S(=O)(Nc1ccc(Oc2ccc(Cl)cc2)cc1)c1cccc2cccc(Cl)c12. The first kappa shape index (κ1) is 19.6. The fraction of sp³-hybridized carbons (Fsp3) is 0. The molecule has 29 heavy (non-hydrogen) atoms. The molecule has 0 radical (unpaired) electrons. The van der Waals surface area contributed by atoms with Gasteiger partial charge in [0, 0.05) is 21.1 Å². The molecular formula is C22H15Cl2NO3S. The Kier molecular flexibility index (Phi) is 5.37. The number of sulfonamides is 1. The molecule has 0 amide bonds. The van der Waals surface area contributed by atoms with Crippen LogP contribution in [0.5, 0.6) is 11.5 Å². The molecule has 0 spiro atoms. The number of rotatable bonds is 5. The predicted octanol–water partition coefficient (Wildman–Crippen LogP) is 6.74. The molecule has 7 heteroatoms. The normalized spacial score (nSPS) is 11.4. The largest absolute Gasteiger partial charge is 0.457 e. The number of hydrogen-bond donors (Lipinski definition) is 1. The maximum atomic E-state index is 13.0. The zero-order valence-electron chi connectivity index (χ0n) is 15.0. The smallest absolute Gasteiger partial charge is 0.262 e. The molecule has 0 atom stereocenters. The Bertz CT molecular complexity index is 1270. The second-order valence-electron chi connectivity index (χ2n) is 6.28. The highest BCUT2D eigenvalue weighted by Gasteiger charge is 2.19. The lowest BCUT2D eigenvalue weighted by atomic mass is 10.1. The van der Waals surface area contributed by atoms with Gasteiger partial charge in [-0.3, -0.25) is 4.72 Å². The molecule has 4 nitrogen and oxygen atoms in total. The first-order chi connectivity index (χ1) is 13.9. The van der Waals surface area contributed by atoms with Crippen LogP contribution in [0, 0.1) is 0 Å². The molecule has 4 rings (SSSR count). The molecule has 0 heterocycles. The number of hydrogen-bond acceptors (Lipinski definition) is 3. The second-order valence-corrected chi connectivity index (χ2v) is 8.77. The Balaban J connectivity index is 1.58. The van der Waals surface area contributed by atoms with Crippen LogP contribution in [-0.4, -0.2) is 8.42 Å². The van der Waals surface area contributed by atoms with E-state index in [2.05, 4.69) is 4.72 Å². The van der Waals surface area contributed by atoms with E-state index in [9.17, 15) is 8.42 Å². The van der Waals surface area contributed by atoms with Crippen molar-refractivity contribution in [3.63, 3.8) is 0 Å². The standard InChI is InChI=1S/C22H15Cl2NO3S/c23-16-7-11-18(12-8-16)28-19-13-9-17(10-14-19)25-29(26,27)21-6-2-4-15-3-1-5-20(24)22(15)21/h1-14,25H. The van der Waals surface area contributed by atoms with Gasteiger partial charge in [0.25, 0.3) is 10.0 Å². The third-order valence-electron chi connectivity index (χ3n) is 4.26. The van der Waals surface area contributed by atoms with E-state index in [4.69, 9.17) is 27.9 Å². The van der Waals surface area contributed by atoms with Crippen molar-refractivity contribution < 1.29 is 13.2 Å². The highest BCUT2D eigenvalue weighted by Crippen LogP contribution is 2.31. The first-order valence-electron chi connectivity index (χ1n) is 8.66. The van der Waals surface area contributed by atoms with Crippen molar-refractivity contribution in [1.82, 2.24) is 0 Å². The van der Waals surface area contributed by atoms with Crippen molar-refractivity contribution in [2.24, 2.45) is 0 Å². The average Bonchev–Trinajstić information content (AvgIpc) is 2.71. The summed E-state index contributed by atoms with van der Waals surface area (Å²) in [6.45, 7) is 0. The minimum atomic E-state index is -3.83. The highest BCUT2D eigenvalue weighted by atomic mass is 35.5. The van der Waals surface area contributed by atoms with Gasteiger partial charge in [0.1, 0.15) is 11.5 Å². The minimum Gasteiger partial charge on any atom is -0.457 e. The quantitative estimate of drug-likeness (QED) is 0.371. The monoisotopic (exact) mass is 443 g/mol. The van der Waals surface area contributed by atoms with Crippen LogP contribution in [0.25, 0.3) is 10.8 Å². The van der Waals surface area contributed by atoms with Gasteiger partial charge in [-0.2, -0.15) is 0 Å². The molecule has 0 bridgehead atoms. The lowest BCUT2D eigenvalue weighted by Gasteiger charge is -2.12. The van der Waals surface area contributed by atoms with Crippen molar-refractivity contribution in [2.45, 2.75) is 4.90 Å². The van der Waals surface area contributed by atoms with Crippen LogP contribution >= 0.6 is 23.2 Å². The summed E-state index contributed by atoms with van der Waals surface area (Å²) in [5.41, 5.74) is 0.414. The lowest BCUT2D eigenvalue weighted by Crippen LogP contribution is -2.13. The number of fused-ring (bicyclic) bond motifs is 1. The van der Waals surface area contributed by atoms with E-state index in [-0.39, 0.29) is 4.90 Å². The van der Waals surface area contributed by atoms with Crippen LogP contribution < -0.4 is 9.46 Å². The van der Waals surface area contributed by atoms with E-state index in [0.717, 1.165) is 5.39 Å². The maximum Gasteiger partial charge on any atom is 0.262 e. The molecule has 0 saturated heterocycles. The molecule has 1 N–H and O–H groups in total. The fourth-order valence-electron chi connectivity index (χ4n) is 2.93. The van der Waals surface area contributed by atoms with E-state index >= 15 is 0 Å². The summed E-state index contributed by atoms with van der Waals surface area (Å²) >= 11 is 12.1. The van der Waals surface area contributed by atoms with Gasteiger partial charge in [0.2, 0.25) is 0 Å². The first-order valence-corrected chi connectivity index (χ1v) is 10.9. The third kappa shape index (κ3) is 4.32. The van der Waals surface area contributed by atoms with Crippen LogP contribution in [0.2, 0.25) is 10.0 Å². The van der Waals surface area contributed by atoms with Crippen LogP contribution in [-0.2, 0) is 10.0 Å². The lowest BCUT2D eigenvalue weighted by molar-refractivity contribution is 0.483. The summed E-state index contributed by atoms with van der Waals surface area (Å²) < 4.78 is 34.2. The van der Waals surface area contributed by atoms with Crippen molar-refractivity contribution in [1.29, 1.82) is 0 Å². The Morgan fingerprint density at radius 1 is 0.724 bits per heavy atom.